The van der Waals surface area contributed by atoms with E-state index in [4.69, 9.17) is 9.15 Å². The molecule has 0 saturated heterocycles. The highest BCUT2D eigenvalue weighted by Gasteiger charge is 2.50. The second-order valence-electron chi connectivity index (χ2n) is 20.7. The van der Waals surface area contributed by atoms with Crippen molar-refractivity contribution in [2.75, 3.05) is 4.90 Å². The van der Waals surface area contributed by atoms with Crippen molar-refractivity contribution in [1.29, 1.82) is 0 Å². The third kappa shape index (κ3) is 5.43. The van der Waals surface area contributed by atoms with E-state index in [0.29, 0.717) is 0 Å². The maximum atomic E-state index is 6.86. The molecule has 4 aliphatic rings. The van der Waals surface area contributed by atoms with E-state index in [1.165, 1.54) is 77.9 Å². The number of ether oxygens (including phenoxy) is 1. The fourth-order valence-electron chi connectivity index (χ4n) is 13.5. The van der Waals surface area contributed by atoms with Gasteiger partial charge in [-0.3, -0.25) is 0 Å². The van der Waals surface area contributed by atoms with E-state index in [1.54, 1.807) is 0 Å². The summed E-state index contributed by atoms with van der Waals surface area (Å²) in [5, 5.41) is 2.26. The Morgan fingerprint density at radius 3 is 1.44 bits per heavy atom. The first-order valence-corrected chi connectivity index (χ1v) is 25.4. The van der Waals surface area contributed by atoms with Gasteiger partial charge in [-0.2, -0.15) is 0 Å². The van der Waals surface area contributed by atoms with Gasteiger partial charge in [0.05, 0.1) is 5.41 Å². The highest BCUT2D eigenvalue weighted by Crippen LogP contribution is 2.63. The van der Waals surface area contributed by atoms with Crippen LogP contribution in [0.3, 0.4) is 0 Å². The summed E-state index contributed by atoms with van der Waals surface area (Å²) in [6, 6.07) is 87.6. The Balaban J connectivity index is 1.01. The molecule has 11 aromatic carbocycles. The summed E-state index contributed by atoms with van der Waals surface area (Å²) in [5.41, 5.74) is 26.0. The second-order valence-corrected chi connectivity index (χ2v) is 20.7. The molecule has 3 nitrogen and oxygen atoms in total. The summed E-state index contributed by atoms with van der Waals surface area (Å²) >= 11 is 0. The molecule has 1 aliphatic heterocycles. The Kier molecular flexibility index (Phi) is 8.16. The predicted molar refractivity (Wildman–Crippen MR) is 299 cm³/mol. The van der Waals surface area contributed by atoms with Crippen molar-refractivity contribution >= 4 is 39.0 Å². The normalized spacial score (nSPS) is 15.5. The van der Waals surface area contributed by atoms with Gasteiger partial charge in [0.15, 0.2) is 0 Å². The zero-order chi connectivity index (χ0) is 48.2. The molecule has 0 bridgehead atoms. The van der Waals surface area contributed by atoms with E-state index in [1.807, 2.05) is 0 Å². The van der Waals surface area contributed by atoms with Gasteiger partial charge in [0.1, 0.15) is 22.7 Å². The number of anilines is 3. The molecule has 342 valence electrons. The molecule has 0 N–H and O–H groups in total. The van der Waals surface area contributed by atoms with Gasteiger partial charge in [-0.15, -0.1) is 0 Å². The number of hydrogen-bond donors (Lipinski definition) is 0. The lowest BCUT2D eigenvalue weighted by Gasteiger charge is -2.36. The van der Waals surface area contributed by atoms with E-state index in [0.717, 1.165) is 72.8 Å². The Morgan fingerprint density at radius 1 is 0.288 bits per heavy atom. The molecule has 1 unspecified atom stereocenters. The molecule has 1 atom stereocenters. The summed E-state index contributed by atoms with van der Waals surface area (Å²) in [5.74, 6) is 1.68. The van der Waals surface area contributed by atoms with Crippen LogP contribution < -0.4 is 9.64 Å². The molecule has 16 rings (SSSR count). The van der Waals surface area contributed by atoms with E-state index in [2.05, 4.69) is 255 Å². The number of rotatable bonds is 3. The Labute approximate surface area is 423 Å². The van der Waals surface area contributed by atoms with Crippen molar-refractivity contribution in [3.63, 3.8) is 0 Å². The van der Waals surface area contributed by atoms with Crippen molar-refractivity contribution in [2.45, 2.75) is 24.7 Å². The average Bonchev–Trinajstić information content (AvgIpc) is 3.99. The van der Waals surface area contributed by atoms with Gasteiger partial charge in [-0.1, -0.05) is 184 Å². The van der Waals surface area contributed by atoms with Crippen LogP contribution in [-0.4, -0.2) is 0 Å². The number of nitrogens with zero attached hydrogens (tertiary/aromatic N) is 1. The lowest BCUT2D eigenvalue weighted by atomic mass is 9.65. The summed E-state index contributed by atoms with van der Waals surface area (Å²) in [6.07, 6.45) is 0. The highest BCUT2D eigenvalue weighted by atomic mass is 16.5. The third-order valence-electron chi connectivity index (χ3n) is 16.7. The van der Waals surface area contributed by atoms with E-state index >= 15 is 0 Å². The van der Waals surface area contributed by atoms with Crippen molar-refractivity contribution in [3.05, 3.63) is 270 Å². The molecule has 0 radical (unpaired) electrons. The van der Waals surface area contributed by atoms with Gasteiger partial charge >= 0.3 is 0 Å². The van der Waals surface area contributed by atoms with Crippen LogP contribution in [0, 0.1) is 0 Å². The molecular weight excluding hydrogens is 887 g/mol. The average molecular weight is 932 g/mol. The topological polar surface area (TPSA) is 25.6 Å². The van der Waals surface area contributed by atoms with Crippen molar-refractivity contribution in [3.8, 4) is 78.3 Å². The number of furan rings is 1. The Morgan fingerprint density at radius 2 is 0.740 bits per heavy atom. The fraction of sp³-hybridized carbons (Fsp3) is 0.0571. The van der Waals surface area contributed by atoms with Crippen LogP contribution in [0.25, 0.3) is 88.7 Å². The number of fused-ring (bicyclic) bond motifs is 23. The zero-order valence-electron chi connectivity index (χ0n) is 40.3. The van der Waals surface area contributed by atoms with E-state index < -0.39 is 5.41 Å². The van der Waals surface area contributed by atoms with Crippen LogP contribution in [0.1, 0.15) is 47.2 Å². The van der Waals surface area contributed by atoms with Crippen LogP contribution in [-0.2, 0) is 10.8 Å². The minimum absolute atomic E-state index is 0.204. The highest BCUT2D eigenvalue weighted by molar-refractivity contribution is 6.09. The lowest BCUT2D eigenvalue weighted by Crippen LogP contribution is -2.29. The summed E-state index contributed by atoms with van der Waals surface area (Å²) < 4.78 is 13.7. The monoisotopic (exact) mass is 931 g/mol. The van der Waals surface area contributed by atoms with Crippen LogP contribution >= 0.6 is 0 Å². The molecule has 3 aliphatic carbocycles. The number of benzene rings is 11. The maximum absolute atomic E-state index is 6.86. The SMILES string of the molecule is CC1(C)c2ccccc2-c2ccc(N(c3ccc4c(c3)-c3ccccc3-c3ccccc3O4)c3ccc4c(c3)C3(c5ccccc5-c5ccccc5-4)c4ccccc4-c4cc5c(cc43)oc3ccccc35)cc21. The van der Waals surface area contributed by atoms with Crippen molar-refractivity contribution in [2.24, 2.45) is 0 Å². The molecule has 12 aromatic rings. The standard InChI is InChI=1S/C70H45NO2/c1-69(2)59-26-12-7-22-50(59)53-35-32-43(38-62(53)69)71(42-33-36-67-57(37-42)48-20-6-5-19-47(48)54-24-10-15-29-65(54)72-67)44-31-34-52-46-18-4-3-17-45(46)49-21-8-13-27-60(49)70(63(52)39-44)61-28-14-9-23-51(61)56-40-58-55-25-11-16-30-66(55)73-68(58)41-64(56)70/h3-41H,1-2H3. The first kappa shape index (κ1) is 40.5. The number of hydrogen-bond acceptors (Lipinski definition) is 3. The maximum Gasteiger partial charge on any atom is 0.135 e. The van der Waals surface area contributed by atoms with Crippen molar-refractivity contribution in [1.82, 2.24) is 0 Å². The summed E-state index contributed by atoms with van der Waals surface area (Å²) in [6.45, 7) is 4.74. The smallest absolute Gasteiger partial charge is 0.135 e. The lowest BCUT2D eigenvalue weighted by molar-refractivity contribution is 0.488. The summed E-state index contributed by atoms with van der Waals surface area (Å²) in [7, 11) is 0. The fourth-order valence-corrected chi connectivity index (χ4v) is 13.5. The minimum Gasteiger partial charge on any atom is -0.456 e. The summed E-state index contributed by atoms with van der Waals surface area (Å²) in [4.78, 5) is 2.49. The Hall–Kier alpha value is -9.18. The van der Waals surface area contributed by atoms with Crippen LogP contribution in [0.2, 0.25) is 0 Å². The molecular formula is C70H45NO2. The molecule has 1 aromatic heterocycles. The van der Waals surface area contributed by atoms with Gasteiger partial charge in [0, 0.05) is 44.4 Å². The van der Waals surface area contributed by atoms with Crippen LogP contribution in [0.4, 0.5) is 17.1 Å². The van der Waals surface area contributed by atoms with Gasteiger partial charge in [0.25, 0.3) is 0 Å². The molecule has 2 heterocycles. The molecule has 0 amide bonds. The first-order valence-electron chi connectivity index (χ1n) is 25.4. The van der Waals surface area contributed by atoms with E-state index in [-0.39, 0.29) is 5.41 Å². The van der Waals surface area contributed by atoms with E-state index in [9.17, 15) is 0 Å². The minimum atomic E-state index is -0.736. The quantitative estimate of drug-likeness (QED) is 0.177. The first-order chi connectivity index (χ1) is 35.9. The van der Waals surface area contributed by atoms with Crippen molar-refractivity contribution < 1.29 is 9.15 Å². The van der Waals surface area contributed by atoms with Gasteiger partial charge < -0.3 is 14.1 Å². The largest absolute Gasteiger partial charge is 0.456 e. The molecule has 0 saturated carbocycles. The van der Waals surface area contributed by atoms with Gasteiger partial charge in [-0.25, -0.2) is 0 Å². The Bertz CT molecular complexity index is 4360. The van der Waals surface area contributed by atoms with Gasteiger partial charge in [-0.05, 0) is 156 Å². The molecule has 0 fully saturated rings. The zero-order valence-corrected chi connectivity index (χ0v) is 40.3. The second kappa shape index (κ2) is 14.7. The van der Waals surface area contributed by atoms with Gasteiger partial charge in [0.2, 0.25) is 0 Å². The predicted octanol–water partition coefficient (Wildman–Crippen LogP) is 18.8. The van der Waals surface area contributed by atoms with Crippen LogP contribution in [0.5, 0.6) is 11.5 Å². The third-order valence-corrected chi connectivity index (χ3v) is 16.7. The molecule has 3 heteroatoms. The number of para-hydroxylation sites is 2. The van der Waals surface area contributed by atoms with Crippen LogP contribution in [0.15, 0.2) is 241 Å². The molecule has 73 heavy (non-hydrogen) atoms. The molecule has 1 spiro atoms.